The summed E-state index contributed by atoms with van der Waals surface area (Å²) >= 11 is 0. The highest BCUT2D eigenvalue weighted by atomic mass is 16.2. The van der Waals surface area contributed by atoms with E-state index < -0.39 is 0 Å². The summed E-state index contributed by atoms with van der Waals surface area (Å²) in [6.45, 7) is 3.84. The number of anilines is 1. The SMILES string of the molecule is Cc1nn(CC(=O)NC2CCC(C(N)=O)CC2)c(C)c1N. The van der Waals surface area contributed by atoms with Gasteiger partial charge in [0.2, 0.25) is 11.8 Å². The van der Waals surface area contributed by atoms with Crippen LogP contribution in [0.25, 0.3) is 0 Å². The van der Waals surface area contributed by atoms with Gasteiger partial charge in [0.05, 0.1) is 17.1 Å². The minimum Gasteiger partial charge on any atom is -0.396 e. The van der Waals surface area contributed by atoms with Crippen LogP contribution in [-0.2, 0) is 16.1 Å². The van der Waals surface area contributed by atoms with Crippen molar-refractivity contribution in [2.45, 2.75) is 52.1 Å². The third-order valence-electron chi connectivity index (χ3n) is 4.23. The van der Waals surface area contributed by atoms with Gasteiger partial charge in [-0.1, -0.05) is 0 Å². The summed E-state index contributed by atoms with van der Waals surface area (Å²) in [5.41, 5.74) is 13.3. The van der Waals surface area contributed by atoms with Gasteiger partial charge in [-0.2, -0.15) is 5.10 Å². The molecule has 0 saturated heterocycles. The molecule has 0 aliphatic heterocycles. The van der Waals surface area contributed by atoms with Gasteiger partial charge in [0.25, 0.3) is 0 Å². The van der Waals surface area contributed by atoms with Gasteiger partial charge in [-0.15, -0.1) is 0 Å². The number of hydrogen-bond acceptors (Lipinski definition) is 4. The molecule has 1 heterocycles. The predicted molar refractivity (Wildman–Crippen MR) is 79.2 cm³/mol. The van der Waals surface area contributed by atoms with Crippen LogP contribution in [-0.4, -0.2) is 27.6 Å². The number of amides is 2. The van der Waals surface area contributed by atoms with Crippen molar-refractivity contribution in [1.82, 2.24) is 15.1 Å². The molecule has 5 N–H and O–H groups in total. The Morgan fingerprint density at radius 2 is 1.90 bits per heavy atom. The van der Waals surface area contributed by atoms with Crippen molar-refractivity contribution in [3.8, 4) is 0 Å². The molecule has 1 saturated carbocycles. The average molecular weight is 293 g/mol. The molecule has 2 amide bonds. The number of aromatic nitrogens is 2. The van der Waals surface area contributed by atoms with Crippen molar-refractivity contribution in [2.75, 3.05) is 5.73 Å². The van der Waals surface area contributed by atoms with Crippen LogP contribution >= 0.6 is 0 Å². The summed E-state index contributed by atoms with van der Waals surface area (Å²) in [6.07, 6.45) is 3.07. The van der Waals surface area contributed by atoms with E-state index >= 15 is 0 Å². The molecular formula is C14H23N5O2. The highest BCUT2D eigenvalue weighted by molar-refractivity contribution is 5.77. The number of primary amides is 1. The first-order valence-electron chi connectivity index (χ1n) is 7.26. The first-order valence-corrected chi connectivity index (χ1v) is 7.26. The fraction of sp³-hybridized carbons (Fsp3) is 0.643. The van der Waals surface area contributed by atoms with E-state index in [0.29, 0.717) is 5.69 Å². The lowest BCUT2D eigenvalue weighted by molar-refractivity contribution is -0.123. The van der Waals surface area contributed by atoms with E-state index in [4.69, 9.17) is 11.5 Å². The van der Waals surface area contributed by atoms with E-state index in [1.165, 1.54) is 0 Å². The number of nitrogens with two attached hydrogens (primary N) is 2. The van der Waals surface area contributed by atoms with Gasteiger partial charge in [0, 0.05) is 12.0 Å². The molecule has 0 unspecified atom stereocenters. The van der Waals surface area contributed by atoms with Crippen molar-refractivity contribution in [1.29, 1.82) is 0 Å². The van der Waals surface area contributed by atoms with Crippen LogP contribution in [0, 0.1) is 19.8 Å². The highest BCUT2D eigenvalue weighted by Gasteiger charge is 2.25. The molecule has 7 heteroatoms. The summed E-state index contributed by atoms with van der Waals surface area (Å²) < 4.78 is 1.62. The molecule has 7 nitrogen and oxygen atoms in total. The molecule has 1 aromatic heterocycles. The number of nitrogens with zero attached hydrogens (tertiary/aromatic N) is 2. The van der Waals surface area contributed by atoms with Gasteiger partial charge in [-0.25, -0.2) is 0 Å². The quantitative estimate of drug-likeness (QED) is 0.737. The second-order valence-corrected chi connectivity index (χ2v) is 5.76. The molecule has 0 spiro atoms. The van der Waals surface area contributed by atoms with E-state index in [0.717, 1.165) is 37.1 Å². The minimum atomic E-state index is -0.238. The third-order valence-corrected chi connectivity index (χ3v) is 4.23. The summed E-state index contributed by atoms with van der Waals surface area (Å²) in [7, 11) is 0. The second kappa shape index (κ2) is 6.15. The largest absolute Gasteiger partial charge is 0.396 e. The molecule has 0 atom stereocenters. The summed E-state index contributed by atoms with van der Waals surface area (Å²) in [5, 5.41) is 7.24. The Morgan fingerprint density at radius 3 is 2.38 bits per heavy atom. The lowest BCUT2D eigenvalue weighted by Crippen LogP contribution is -2.41. The summed E-state index contributed by atoms with van der Waals surface area (Å²) in [5.74, 6) is -0.366. The Labute approximate surface area is 124 Å². The van der Waals surface area contributed by atoms with E-state index in [1.807, 2.05) is 13.8 Å². The number of hydrogen-bond donors (Lipinski definition) is 3. The zero-order valence-electron chi connectivity index (χ0n) is 12.6. The Balaban J connectivity index is 1.85. The zero-order chi connectivity index (χ0) is 15.6. The van der Waals surface area contributed by atoms with Crippen LogP contribution in [0.15, 0.2) is 0 Å². The van der Waals surface area contributed by atoms with E-state index in [-0.39, 0.29) is 30.3 Å². The van der Waals surface area contributed by atoms with Gasteiger partial charge in [-0.3, -0.25) is 14.3 Å². The van der Waals surface area contributed by atoms with Gasteiger partial charge >= 0.3 is 0 Å². The Bertz CT molecular complexity index is 544. The van der Waals surface area contributed by atoms with Crippen molar-refractivity contribution in [3.05, 3.63) is 11.4 Å². The second-order valence-electron chi connectivity index (χ2n) is 5.76. The molecule has 0 radical (unpaired) electrons. The Kier molecular flexibility index (Phi) is 4.50. The monoisotopic (exact) mass is 293 g/mol. The lowest BCUT2D eigenvalue weighted by Gasteiger charge is -2.27. The van der Waals surface area contributed by atoms with Crippen LogP contribution in [0.1, 0.15) is 37.1 Å². The van der Waals surface area contributed by atoms with Crippen LogP contribution in [0.5, 0.6) is 0 Å². The van der Waals surface area contributed by atoms with Gasteiger partial charge in [0.15, 0.2) is 0 Å². The van der Waals surface area contributed by atoms with Crippen molar-refractivity contribution in [3.63, 3.8) is 0 Å². The molecule has 1 aliphatic rings. The first-order chi connectivity index (χ1) is 9.88. The van der Waals surface area contributed by atoms with Crippen molar-refractivity contribution >= 4 is 17.5 Å². The molecule has 1 aliphatic carbocycles. The molecule has 1 fully saturated rings. The Morgan fingerprint density at radius 1 is 1.29 bits per heavy atom. The van der Waals surface area contributed by atoms with Crippen molar-refractivity contribution in [2.24, 2.45) is 11.7 Å². The van der Waals surface area contributed by atoms with Crippen molar-refractivity contribution < 1.29 is 9.59 Å². The third kappa shape index (κ3) is 3.53. The number of nitrogen functional groups attached to an aromatic ring is 1. The topological polar surface area (TPSA) is 116 Å². The lowest BCUT2D eigenvalue weighted by atomic mass is 9.85. The first kappa shape index (κ1) is 15.3. The van der Waals surface area contributed by atoms with Gasteiger partial charge in [-0.05, 0) is 39.5 Å². The van der Waals surface area contributed by atoms with Crippen LogP contribution < -0.4 is 16.8 Å². The molecule has 0 aromatic carbocycles. The fourth-order valence-electron chi connectivity index (χ4n) is 2.80. The van der Waals surface area contributed by atoms with Crippen LogP contribution in [0.2, 0.25) is 0 Å². The smallest absolute Gasteiger partial charge is 0.241 e. The van der Waals surface area contributed by atoms with Gasteiger partial charge < -0.3 is 16.8 Å². The highest BCUT2D eigenvalue weighted by Crippen LogP contribution is 2.24. The average Bonchev–Trinajstić information content (AvgIpc) is 2.67. The maximum absolute atomic E-state index is 12.1. The number of aryl methyl sites for hydroxylation is 1. The fourth-order valence-corrected chi connectivity index (χ4v) is 2.80. The number of carbonyl (C=O) groups is 2. The molecule has 21 heavy (non-hydrogen) atoms. The number of carbonyl (C=O) groups excluding carboxylic acids is 2. The Hall–Kier alpha value is -2.05. The summed E-state index contributed by atoms with van der Waals surface area (Å²) in [6, 6.07) is 0.113. The predicted octanol–water partition coefficient (Wildman–Crippen LogP) is 0.242. The van der Waals surface area contributed by atoms with Crippen LogP contribution in [0.4, 0.5) is 5.69 Å². The van der Waals surface area contributed by atoms with E-state index in [1.54, 1.807) is 4.68 Å². The molecule has 2 rings (SSSR count). The summed E-state index contributed by atoms with van der Waals surface area (Å²) in [4.78, 5) is 23.2. The molecule has 0 bridgehead atoms. The maximum atomic E-state index is 12.1. The zero-order valence-corrected chi connectivity index (χ0v) is 12.6. The van der Waals surface area contributed by atoms with Gasteiger partial charge in [0.1, 0.15) is 6.54 Å². The molecule has 1 aromatic rings. The molecule has 116 valence electrons. The standard InChI is InChI=1S/C14H23N5O2/c1-8-13(15)9(2)19(18-8)7-12(20)17-11-5-3-10(4-6-11)14(16)21/h10-11H,3-7,15H2,1-2H3,(H2,16,21)(H,17,20). The van der Waals surface area contributed by atoms with E-state index in [2.05, 4.69) is 10.4 Å². The number of nitrogens with one attached hydrogen (secondary N) is 1. The van der Waals surface area contributed by atoms with E-state index in [9.17, 15) is 9.59 Å². The number of rotatable bonds is 4. The normalized spacial score (nSPS) is 22.0. The minimum absolute atomic E-state index is 0.0473. The maximum Gasteiger partial charge on any atom is 0.241 e. The van der Waals surface area contributed by atoms with Crippen LogP contribution in [0.3, 0.4) is 0 Å². The molecular weight excluding hydrogens is 270 g/mol.